The number of ether oxygens (including phenoxy) is 3. The summed E-state index contributed by atoms with van der Waals surface area (Å²) in [5.41, 5.74) is 2.83. The molecule has 0 spiro atoms. The minimum Gasteiger partial charge on any atom is -0.468 e. The van der Waals surface area contributed by atoms with Crippen LogP contribution >= 0.6 is 12.2 Å². The lowest BCUT2D eigenvalue weighted by Gasteiger charge is -2.40. The van der Waals surface area contributed by atoms with Crippen molar-refractivity contribution in [3.05, 3.63) is 29.3 Å². The molecule has 1 heterocycles. The number of benzene rings is 1. The predicted octanol–water partition coefficient (Wildman–Crippen LogP) is 14.0. The Kier molecular flexibility index (Phi) is 40.6. The molecule has 1 aromatic rings. The van der Waals surface area contributed by atoms with E-state index < -0.39 is 49.0 Å². The summed E-state index contributed by atoms with van der Waals surface area (Å²) in [6.07, 6.45) is 38.6. The largest absolute Gasteiger partial charge is 0.468 e. The Hall–Kier alpha value is -1.41. The quantitative estimate of drug-likeness (QED) is 0.0247. The van der Waals surface area contributed by atoms with Crippen LogP contribution in [0, 0.1) is 13.8 Å². The number of aryl methyl sites for hydroxylation is 2. The van der Waals surface area contributed by atoms with Crippen LogP contribution in [-0.4, -0.2) is 99.4 Å². The number of aliphatic hydroxyl groups excluding tert-OH is 5. The topological polar surface area (TPSA) is 153 Å². The van der Waals surface area contributed by atoms with E-state index in [9.17, 15) is 25.5 Å². The van der Waals surface area contributed by atoms with Gasteiger partial charge in [-0.15, -0.1) is 0 Å². The summed E-state index contributed by atoms with van der Waals surface area (Å²) in [5.74, 6) is 0. The fourth-order valence-electron chi connectivity index (χ4n) is 9.98. The highest BCUT2D eigenvalue weighted by Crippen LogP contribution is 2.25. The van der Waals surface area contributed by atoms with Gasteiger partial charge in [-0.05, 0) is 56.6 Å². The molecular weight excluding hydrogens is 897 g/mol. The van der Waals surface area contributed by atoms with Gasteiger partial charge in [0.15, 0.2) is 6.29 Å². The minimum atomic E-state index is -1.56. The molecule has 0 radical (unpaired) electrons. The summed E-state index contributed by atoms with van der Waals surface area (Å²) < 4.78 is 17.8. The Morgan fingerprint density at radius 2 is 0.943 bits per heavy atom. The maximum Gasteiger partial charge on any atom is 0.261 e. The zero-order valence-electron chi connectivity index (χ0n) is 45.5. The molecule has 1 saturated heterocycles. The number of anilines is 1. The zero-order valence-corrected chi connectivity index (χ0v) is 46.3. The lowest BCUT2D eigenvalue weighted by atomic mass is 9.98. The molecule has 0 aromatic heterocycles. The van der Waals surface area contributed by atoms with E-state index >= 15 is 0 Å². The van der Waals surface area contributed by atoms with Gasteiger partial charge in [0.2, 0.25) is 0 Å². The van der Waals surface area contributed by atoms with Gasteiger partial charge >= 0.3 is 0 Å². The number of para-hydroxylation sites is 1. The van der Waals surface area contributed by atoms with Crippen molar-refractivity contribution in [1.29, 1.82) is 0 Å². The van der Waals surface area contributed by atoms with Crippen LogP contribution in [-0.2, 0) is 14.2 Å². The maximum atomic E-state index is 11.5. The predicted molar refractivity (Wildman–Crippen MR) is 297 cm³/mol. The van der Waals surface area contributed by atoms with Gasteiger partial charge in [-0.2, -0.15) is 0 Å². The first kappa shape index (κ1) is 64.7. The van der Waals surface area contributed by atoms with Gasteiger partial charge < -0.3 is 50.4 Å². The average Bonchev–Trinajstić information content (AvgIpc) is 3.35. The lowest BCUT2D eigenvalue weighted by molar-refractivity contribution is -0.302. The van der Waals surface area contributed by atoms with Crippen LogP contribution in [0.5, 0.6) is 0 Å². The molecule has 0 bridgehead atoms. The highest BCUT2D eigenvalue weighted by Gasteiger charge is 2.45. The standard InChI is InChI=1S/C59H110N2O8S/c1-5-7-9-11-13-15-17-19-20-21-22-23-24-25-26-27-28-29-30-32-34-36-38-40-45-60-50(54(63)51(62)44-39-37-35-33-31-18-16-14-12-10-8-6-2)46-67-58-57(66)56(65)55(64)52(69-58)47-68-59(70)61-53-48(3)42-41-43-49(53)4/h41-43,50-52,54-58,60,62-66H,5-40,44-47H2,1-4H3,(H,61,70)/t50-,51+,52+,54-,55-,56-,57+,58-/m0/s1. The molecule has 11 heteroatoms. The molecule has 0 unspecified atom stereocenters. The number of unbranched alkanes of at least 4 members (excludes halogenated alkanes) is 34. The fraction of sp³-hybridized carbons (Fsp3) is 0.881. The molecular formula is C59H110N2O8S. The highest BCUT2D eigenvalue weighted by atomic mass is 32.1. The van der Waals surface area contributed by atoms with Crippen LogP contribution in [0.25, 0.3) is 0 Å². The number of hydrogen-bond donors (Lipinski definition) is 7. The number of rotatable bonds is 47. The first-order valence-corrected chi connectivity index (χ1v) is 29.9. The van der Waals surface area contributed by atoms with E-state index in [1.54, 1.807) is 0 Å². The number of thiocarbonyl (C=S) groups is 1. The van der Waals surface area contributed by atoms with Gasteiger partial charge in [0, 0.05) is 5.69 Å². The Labute approximate surface area is 435 Å². The molecule has 0 aliphatic carbocycles. The van der Waals surface area contributed by atoms with E-state index in [0.29, 0.717) is 13.0 Å². The molecule has 8 atom stereocenters. The van der Waals surface area contributed by atoms with Gasteiger partial charge in [-0.25, -0.2) is 0 Å². The summed E-state index contributed by atoms with van der Waals surface area (Å²) >= 11 is 5.42. The van der Waals surface area contributed by atoms with Crippen molar-refractivity contribution in [1.82, 2.24) is 5.32 Å². The normalized spacial score (nSPS) is 19.6. The Balaban J connectivity index is 1.70. The monoisotopic (exact) mass is 1010 g/mol. The van der Waals surface area contributed by atoms with Crippen LogP contribution in [0.1, 0.15) is 263 Å². The van der Waals surface area contributed by atoms with E-state index in [2.05, 4.69) is 24.5 Å². The second-order valence-corrected chi connectivity index (χ2v) is 21.6. The molecule has 0 saturated carbocycles. The Morgan fingerprint density at radius 3 is 1.36 bits per heavy atom. The van der Waals surface area contributed by atoms with Gasteiger partial charge in [-0.3, -0.25) is 0 Å². The van der Waals surface area contributed by atoms with E-state index in [4.69, 9.17) is 26.4 Å². The summed E-state index contributed by atoms with van der Waals surface area (Å²) in [5, 5.41) is 61.8. The van der Waals surface area contributed by atoms with Crippen LogP contribution in [0.3, 0.4) is 0 Å². The molecule has 1 aromatic carbocycles. The van der Waals surface area contributed by atoms with Crippen LogP contribution in [0.15, 0.2) is 18.2 Å². The third kappa shape index (κ3) is 31.4. The zero-order chi connectivity index (χ0) is 50.9. The van der Waals surface area contributed by atoms with Crippen molar-refractivity contribution in [3.8, 4) is 0 Å². The highest BCUT2D eigenvalue weighted by molar-refractivity contribution is 7.80. The van der Waals surface area contributed by atoms with E-state index in [1.165, 1.54) is 199 Å². The summed E-state index contributed by atoms with van der Waals surface area (Å²) in [6, 6.07) is 5.25. The number of nitrogens with one attached hydrogen (secondary N) is 2. The number of aliphatic hydroxyl groups is 5. The summed E-state index contributed by atoms with van der Waals surface area (Å²) in [6.45, 7) is 8.85. The molecule has 10 nitrogen and oxygen atoms in total. The molecule has 1 aliphatic heterocycles. The molecule has 70 heavy (non-hydrogen) atoms. The number of hydrogen-bond acceptors (Lipinski definition) is 10. The van der Waals surface area contributed by atoms with Crippen molar-refractivity contribution >= 4 is 23.1 Å². The van der Waals surface area contributed by atoms with E-state index in [0.717, 1.165) is 48.9 Å². The Morgan fingerprint density at radius 1 is 0.557 bits per heavy atom. The molecule has 410 valence electrons. The van der Waals surface area contributed by atoms with E-state index in [-0.39, 0.29) is 18.4 Å². The smallest absolute Gasteiger partial charge is 0.261 e. The SMILES string of the molecule is CCCCCCCCCCCCCCCCCCCCCCCCCCN[C@@H](CO[C@H]1O[C@H](COC(=S)Nc2c(C)cccc2C)[C@H](O)[C@H](O)[C@H]1O)[C@H](O)[C@H](O)CCCCCCCCCCCCCC. The molecule has 1 aliphatic rings. The van der Waals surface area contributed by atoms with Crippen LogP contribution in [0.2, 0.25) is 0 Å². The third-order valence-corrected chi connectivity index (χ3v) is 15.0. The van der Waals surface area contributed by atoms with Crippen LogP contribution < -0.4 is 10.6 Å². The maximum absolute atomic E-state index is 11.5. The molecule has 1 fully saturated rings. The second kappa shape index (κ2) is 43.9. The first-order valence-electron chi connectivity index (χ1n) is 29.5. The molecule has 2 rings (SSSR count). The van der Waals surface area contributed by atoms with Crippen molar-refractivity contribution < 1.29 is 39.7 Å². The van der Waals surface area contributed by atoms with Crippen molar-refractivity contribution in [2.24, 2.45) is 0 Å². The van der Waals surface area contributed by atoms with Gasteiger partial charge in [0.05, 0.1) is 24.9 Å². The third-order valence-electron chi connectivity index (χ3n) is 14.8. The lowest BCUT2D eigenvalue weighted by Crippen LogP contribution is -2.60. The van der Waals surface area contributed by atoms with Gasteiger partial charge in [0.1, 0.15) is 31.0 Å². The van der Waals surface area contributed by atoms with Crippen molar-refractivity contribution in [2.75, 3.05) is 25.1 Å². The second-order valence-electron chi connectivity index (χ2n) is 21.3. The summed E-state index contributed by atoms with van der Waals surface area (Å²) in [4.78, 5) is 0. The van der Waals surface area contributed by atoms with Crippen molar-refractivity contribution in [2.45, 2.75) is 314 Å². The fourth-order valence-corrected chi connectivity index (χ4v) is 10.2. The van der Waals surface area contributed by atoms with Crippen molar-refractivity contribution in [3.63, 3.8) is 0 Å². The van der Waals surface area contributed by atoms with Gasteiger partial charge in [0.25, 0.3) is 5.17 Å². The first-order chi connectivity index (χ1) is 34.1. The van der Waals surface area contributed by atoms with Crippen LogP contribution in [0.4, 0.5) is 5.69 Å². The summed E-state index contributed by atoms with van der Waals surface area (Å²) in [7, 11) is 0. The molecule has 7 N–H and O–H groups in total. The minimum absolute atomic E-state index is 0.0826. The average molecular weight is 1010 g/mol. The Bertz CT molecular complexity index is 1340. The molecule has 0 amide bonds. The van der Waals surface area contributed by atoms with Gasteiger partial charge in [-0.1, -0.05) is 257 Å². The van der Waals surface area contributed by atoms with E-state index in [1.807, 2.05) is 32.0 Å².